The molecule has 0 radical (unpaired) electrons. The minimum Gasteiger partial charge on any atom is -0.346 e. The van der Waals surface area contributed by atoms with Crippen molar-refractivity contribution in [2.45, 2.75) is 40.0 Å². The molecular formula is C17H26N4S2. The molecule has 0 spiro atoms. The van der Waals surface area contributed by atoms with Crippen molar-refractivity contribution in [2.24, 2.45) is 0 Å². The van der Waals surface area contributed by atoms with Crippen LogP contribution in [0.25, 0.3) is 0 Å². The molecule has 1 aliphatic rings. The highest BCUT2D eigenvalue weighted by atomic mass is 32.1. The van der Waals surface area contributed by atoms with Crippen LogP contribution in [0.3, 0.4) is 0 Å². The van der Waals surface area contributed by atoms with Gasteiger partial charge in [-0.05, 0) is 46.6 Å². The molecule has 0 aromatic carbocycles. The first-order valence-electron chi connectivity index (χ1n) is 8.44. The lowest BCUT2D eigenvalue weighted by molar-refractivity contribution is 0.253. The van der Waals surface area contributed by atoms with Gasteiger partial charge in [-0.2, -0.15) is 0 Å². The number of hydrogen-bond acceptors (Lipinski definition) is 6. The Morgan fingerprint density at radius 1 is 1.04 bits per heavy atom. The van der Waals surface area contributed by atoms with Gasteiger partial charge in [0.05, 0.1) is 16.4 Å². The molecule has 0 saturated carbocycles. The van der Waals surface area contributed by atoms with Crippen molar-refractivity contribution >= 4 is 27.8 Å². The van der Waals surface area contributed by atoms with E-state index in [1.54, 1.807) is 11.3 Å². The largest absolute Gasteiger partial charge is 0.346 e. The van der Waals surface area contributed by atoms with Gasteiger partial charge in [-0.3, -0.25) is 4.90 Å². The van der Waals surface area contributed by atoms with Gasteiger partial charge in [0.25, 0.3) is 0 Å². The normalized spacial score (nSPS) is 16.2. The van der Waals surface area contributed by atoms with E-state index in [1.165, 1.54) is 46.5 Å². The fraction of sp³-hybridized carbons (Fsp3) is 0.647. The number of unbranched alkanes of at least 4 members (excludes halogenated alkanes) is 1. The number of aromatic nitrogens is 2. The maximum atomic E-state index is 4.60. The van der Waals surface area contributed by atoms with Crippen molar-refractivity contribution in [1.82, 2.24) is 14.9 Å². The number of nitrogens with zero attached hydrogens (tertiary/aromatic N) is 4. The van der Waals surface area contributed by atoms with Gasteiger partial charge in [0.2, 0.25) is 0 Å². The molecule has 1 aliphatic heterocycles. The number of anilines is 1. The summed E-state index contributed by atoms with van der Waals surface area (Å²) < 4.78 is 0. The fourth-order valence-electron chi connectivity index (χ4n) is 3.08. The Kier molecular flexibility index (Phi) is 5.67. The van der Waals surface area contributed by atoms with Gasteiger partial charge in [-0.25, -0.2) is 9.97 Å². The second kappa shape index (κ2) is 7.73. The van der Waals surface area contributed by atoms with E-state index in [0.29, 0.717) is 0 Å². The average Bonchev–Trinajstić information content (AvgIpc) is 3.10. The lowest BCUT2D eigenvalue weighted by Gasteiger charge is -2.34. The van der Waals surface area contributed by atoms with Gasteiger partial charge in [0.15, 0.2) is 5.13 Å². The van der Waals surface area contributed by atoms with E-state index < -0.39 is 0 Å². The Morgan fingerprint density at radius 2 is 1.83 bits per heavy atom. The monoisotopic (exact) mass is 350 g/mol. The van der Waals surface area contributed by atoms with Crippen LogP contribution in [0.4, 0.5) is 5.13 Å². The summed E-state index contributed by atoms with van der Waals surface area (Å²) in [5.41, 5.74) is 2.38. The van der Waals surface area contributed by atoms with Crippen LogP contribution in [0, 0.1) is 20.8 Å². The van der Waals surface area contributed by atoms with Crippen molar-refractivity contribution in [1.29, 1.82) is 0 Å². The number of piperazine rings is 1. The topological polar surface area (TPSA) is 32.3 Å². The molecule has 0 bridgehead atoms. The molecule has 1 saturated heterocycles. The van der Waals surface area contributed by atoms with Crippen LogP contribution in [-0.4, -0.2) is 47.6 Å². The zero-order chi connectivity index (χ0) is 16.2. The number of rotatable bonds is 6. The summed E-state index contributed by atoms with van der Waals surface area (Å²) in [5, 5.41) is 4.54. The highest BCUT2D eigenvalue weighted by Gasteiger charge is 2.18. The standard InChI is InChI=1S/C17H26N4S2/c1-13-12-22-17(18-13)21-10-8-20(9-11-21)7-5-4-6-16-14(2)19-15(3)23-16/h12H,4-11H2,1-3H3. The molecule has 1 fully saturated rings. The van der Waals surface area contributed by atoms with Crippen LogP contribution >= 0.6 is 22.7 Å². The third kappa shape index (κ3) is 4.52. The third-order valence-electron chi connectivity index (χ3n) is 4.38. The molecule has 3 rings (SSSR count). The van der Waals surface area contributed by atoms with Crippen molar-refractivity contribution in [2.75, 3.05) is 37.6 Å². The van der Waals surface area contributed by atoms with Crippen LogP contribution in [0.5, 0.6) is 0 Å². The van der Waals surface area contributed by atoms with E-state index in [2.05, 4.69) is 45.9 Å². The molecule has 2 aromatic rings. The second-order valence-electron chi connectivity index (χ2n) is 6.30. The molecule has 0 amide bonds. The summed E-state index contributed by atoms with van der Waals surface area (Å²) in [7, 11) is 0. The molecule has 0 aliphatic carbocycles. The van der Waals surface area contributed by atoms with E-state index in [0.717, 1.165) is 31.9 Å². The lowest BCUT2D eigenvalue weighted by Crippen LogP contribution is -2.46. The smallest absolute Gasteiger partial charge is 0.185 e. The third-order valence-corrected chi connectivity index (χ3v) is 6.53. The molecule has 6 heteroatoms. The quantitative estimate of drug-likeness (QED) is 0.744. The van der Waals surface area contributed by atoms with Crippen LogP contribution in [-0.2, 0) is 6.42 Å². The van der Waals surface area contributed by atoms with Gasteiger partial charge in [0.1, 0.15) is 0 Å². The van der Waals surface area contributed by atoms with Crippen molar-refractivity contribution < 1.29 is 0 Å². The summed E-state index contributed by atoms with van der Waals surface area (Å²) in [6, 6.07) is 0. The summed E-state index contributed by atoms with van der Waals surface area (Å²) in [4.78, 5) is 15.6. The van der Waals surface area contributed by atoms with Crippen molar-refractivity contribution in [3.8, 4) is 0 Å². The first kappa shape index (κ1) is 16.9. The highest BCUT2D eigenvalue weighted by molar-refractivity contribution is 7.13. The average molecular weight is 351 g/mol. The Balaban J connectivity index is 1.35. The minimum atomic E-state index is 1.11. The van der Waals surface area contributed by atoms with Crippen LogP contribution in [0.15, 0.2) is 5.38 Å². The number of aryl methyl sites for hydroxylation is 4. The lowest BCUT2D eigenvalue weighted by atomic mass is 10.2. The summed E-state index contributed by atoms with van der Waals surface area (Å²) in [6.45, 7) is 12.1. The molecule has 4 nitrogen and oxygen atoms in total. The molecule has 0 N–H and O–H groups in total. The zero-order valence-electron chi connectivity index (χ0n) is 14.3. The van der Waals surface area contributed by atoms with Gasteiger partial charge in [0, 0.05) is 36.4 Å². The van der Waals surface area contributed by atoms with Crippen molar-refractivity contribution in [3.63, 3.8) is 0 Å². The van der Waals surface area contributed by atoms with E-state index >= 15 is 0 Å². The zero-order valence-corrected chi connectivity index (χ0v) is 16.0. The number of thiazole rings is 2. The van der Waals surface area contributed by atoms with Gasteiger partial charge < -0.3 is 4.90 Å². The maximum absolute atomic E-state index is 4.60. The van der Waals surface area contributed by atoms with Crippen LogP contribution < -0.4 is 4.90 Å². The SMILES string of the molecule is Cc1csc(N2CCN(CCCCc3sc(C)nc3C)CC2)n1. The van der Waals surface area contributed by atoms with Gasteiger partial charge in [-0.1, -0.05) is 0 Å². The molecular weight excluding hydrogens is 324 g/mol. The molecule has 0 unspecified atom stereocenters. The predicted octanol–water partition coefficient (Wildman–Crippen LogP) is 3.67. The van der Waals surface area contributed by atoms with Gasteiger partial charge >= 0.3 is 0 Å². The van der Waals surface area contributed by atoms with E-state index in [4.69, 9.17) is 0 Å². The summed E-state index contributed by atoms with van der Waals surface area (Å²) in [5.74, 6) is 0. The highest BCUT2D eigenvalue weighted by Crippen LogP contribution is 2.22. The fourth-order valence-corrected chi connectivity index (χ4v) is 4.91. The molecule has 126 valence electrons. The Hall–Kier alpha value is -0.980. The van der Waals surface area contributed by atoms with Crippen LogP contribution in [0.1, 0.15) is 34.1 Å². The molecule has 0 atom stereocenters. The van der Waals surface area contributed by atoms with Gasteiger partial charge in [-0.15, -0.1) is 22.7 Å². The summed E-state index contributed by atoms with van der Waals surface area (Å²) >= 11 is 3.63. The van der Waals surface area contributed by atoms with Crippen LogP contribution in [0.2, 0.25) is 0 Å². The molecule has 3 heterocycles. The minimum absolute atomic E-state index is 1.11. The first-order valence-corrected chi connectivity index (χ1v) is 10.1. The van der Waals surface area contributed by atoms with E-state index in [1.807, 2.05) is 11.3 Å². The maximum Gasteiger partial charge on any atom is 0.185 e. The summed E-state index contributed by atoms with van der Waals surface area (Å²) in [6.07, 6.45) is 3.75. The second-order valence-corrected chi connectivity index (χ2v) is 8.42. The molecule has 2 aromatic heterocycles. The number of hydrogen-bond donors (Lipinski definition) is 0. The Labute approximate surface area is 147 Å². The predicted molar refractivity (Wildman–Crippen MR) is 100 cm³/mol. The molecule has 23 heavy (non-hydrogen) atoms. The van der Waals surface area contributed by atoms with E-state index in [-0.39, 0.29) is 0 Å². The van der Waals surface area contributed by atoms with E-state index in [9.17, 15) is 0 Å². The Bertz CT molecular complexity index is 626. The Morgan fingerprint density at radius 3 is 2.43 bits per heavy atom. The van der Waals surface area contributed by atoms with Crippen molar-refractivity contribution in [3.05, 3.63) is 26.7 Å². The first-order chi connectivity index (χ1) is 11.1.